The Labute approximate surface area is 114 Å². The summed E-state index contributed by atoms with van der Waals surface area (Å²) in [4.78, 5) is 10.8. The number of carbonyl (C=O) groups is 1. The van der Waals surface area contributed by atoms with Crippen molar-refractivity contribution in [3.05, 3.63) is 54.6 Å². The lowest BCUT2D eigenvalue weighted by atomic mass is 10.1. The fourth-order valence-electron chi connectivity index (χ4n) is 1.63. The third-order valence-corrected chi connectivity index (χ3v) is 2.40. The second-order valence-electron chi connectivity index (χ2n) is 4.15. The van der Waals surface area contributed by atoms with E-state index in [1.54, 1.807) is 13.0 Å². The van der Waals surface area contributed by atoms with Gasteiger partial charge in [0.05, 0.1) is 6.10 Å². The Balaban J connectivity index is 2.59. The maximum Gasteiger partial charge on any atom is 0.304 e. The lowest BCUT2D eigenvalue weighted by Gasteiger charge is -2.18. The summed E-state index contributed by atoms with van der Waals surface area (Å²) in [7, 11) is 0. The second kappa shape index (κ2) is 8.27. The smallest absolute Gasteiger partial charge is 0.304 e. The molecule has 3 nitrogen and oxygen atoms in total. The van der Waals surface area contributed by atoms with E-state index in [1.807, 2.05) is 42.5 Å². The maximum atomic E-state index is 10.8. The van der Waals surface area contributed by atoms with Crippen molar-refractivity contribution >= 4 is 12.0 Å². The number of hydrogen-bond acceptors (Lipinski definition) is 3. The van der Waals surface area contributed by atoms with Gasteiger partial charge in [-0.2, -0.15) is 0 Å². The molecule has 1 rings (SSSR count). The lowest BCUT2D eigenvalue weighted by Crippen LogP contribution is -2.22. The first kappa shape index (κ1) is 15.2. The molecule has 1 aromatic rings. The Morgan fingerprint density at radius 2 is 2.05 bits per heavy atom. The van der Waals surface area contributed by atoms with Gasteiger partial charge in [0, 0.05) is 6.92 Å². The van der Waals surface area contributed by atoms with Crippen LogP contribution in [-0.4, -0.2) is 18.4 Å². The molecule has 0 radical (unpaired) electrons. The molecule has 1 aromatic carbocycles. The summed E-state index contributed by atoms with van der Waals surface area (Å²) >= 11 is 0. The van der Waals surface area contributed by atoms with Crippen LogP contribution < -0.4 is 0 Å². The first-order chi connectivity index (χ1) is 9.11. The van der Waals surface area contributed by atoms with Crippen LogP contribution >= 0.6 is 0 Å². The van der Waals surface area contributed by atoms with Gasteiger partial charge in [0.25, 0.3) is 0 Å². The molecule has 3 heteroatoms. The molecule has 2 unspecified atom stereocenters. The number of carbonyl (C=O) groups excluding carboxylic acids is 1. The van der Waals surface area contributed by atoms with Gasteiger partial charge in [0.15, 0.2) is 0 Å². The highest BCUT2D eigenvalue weighted by Crippen LogP contribution is 2.10. The molecule has 0 fully saturated rings. The molecule has 19 heavy (non-hydrogen) atoms. The van der Waals surface area contributed by atoms with E-state index in [9.17, 15) is 4.79 Å². The molecule has 0 saturated heterocycles. The highest BCUT2D eigenvalue weighted by molar-refractivity contribution is 5.66. The number of hydrogen-bond donors (Lipinski definition) is 0. The standard InChI is InChI=1S/C16H20O3/c1-4-8-16(19-14(3)18-13(2)17)12-11-15-9-6-5-7-10-15/h4-7,9-12,14,16H,1,8H2,2-3H3/b12-11+. The predicted molar refractivity (Wildman–Crippen MR) is 76.4 cm³/mol. The van der Waals surface area contributed by atoms with Crippen molar-refractivity contribution in [2.45, 2.75) is 32.7 Å². The molecule has 0 aliphatic rings. The van der Waals surface area contributed by atoms with Crippen LogP contribution in [0.3, 0.4) is 0 Å². The maximum absolute atomic E-state index is 10.8. The van der Waals surface area contributed by atoms with Crippen LogP contribution in [-0.2, 0) is 14.3 Å². The molecule has 2 atom stereocenters. The average molecular weight is 260 g/mol. The van der Waals surface area contributed by atoms with Gasteiger partial charge in [-0.25, -0.2) is 0 Å². The van der Waals surface area contributed by atoms with Gasteiger partial charge in [0.2, 0.25) is 6.29 Å². The SMILES string of the molecule is C=CCC(/C=C/c1ccccc1)OC(C)OC(C)=O. The molecule has 0 heterocycles. The van der Waals surface area contributed by atoms with Crippen LogP contribution in [0, 0.1) is 0 Å². The zero-order chi connectivity index (χ0) is 14.1. The summed E-state index contributed by atoms with van der Waals surface area (Å²) in [6, 6.07) is 9.95. The summed E-state index contributed by atoms with van der Waals surface area (Å²) in [6.45, 7) is 6.77. The summed E-state index contributed by atoms with van der Waals surface area (Å²) < 4.78 is 10.6. The second-order valence-corrected chi connectivity index (χ2v) is 4.15. The van der Waals surface area contributed by atoms with Crippen LogP contribution in [0.15, 0.2) is 49.1 Å². The molecule has 102 valence electrons. The zero-order valence-electron chi connectivity index (χ0n) is 11.4. The Hall–Kier alpha value is -1.87. The van der Waals surface area contributed by atoms with Crippen LogP contribution in [0.2, 0.25) is 0 Å². The van der Waals surface area contributed by atoms with Crippen LogP contribution in [0.1, 0.15) is 25.8 Å². The number of ether oxygens (including phenoxy) is 2. The van der Waals surface area contributed by atoms with Crippen molar-refractivity contribution < 1.29 is 14.3 Å². The van der Waals surface area contributed by atoms with E-state index >= 15 is 0 Å². The van der Waals surface area contributed by atoms with Gasteiger partial charge < -0.3 is 9.47 Å². The molecule has 0 amide bonds. The lowest BCUT2D eigenvalue weighted by molar-refractivity contribution is -0.177. The number of benzene rings is 1. The summed E-state index contributed by atoms with van der Waals surface area (Å²) in [5.41, 5.74) is 1.10. The fourth-order valence-corrected chi connectivity index (χ4v) is 1.63. The Bertz CT molecular complexity index is 423. The minimum Gasteiger partial charge on any atom is -0.436 e. The van der Waals surface area contributed by atoms with Crippen LogP contribution in [0.5, 0.6) is 0 Å². The van der Waals surface area contributed by atoms with Gasteiger partial charge in [-0.15, -0.1) is 6.58 Å². The summed E-state index contributed by atoms with van der Waals surface area (Å²) in [6.07, 6.45) is 5.64. The van der Waals surface area contributed by atoms with E-state index < -0.39 is 6.29 Å². The molecule has 0 N–H and O–H groups in total. The van der Waals surface area contributed by atoms with E-state index in [0.717, 1.165) is 5.56 Å². The quantitative estimate of drug-likeness (QED) is 0.427. The molecule has 0 aromatic heterocycles. The van der Waals surface area contributed by atoms with E-state index in [1.165, 1.54) is 6.92 Å². The minimum atomic E-state index is -0.567. The van der Waals surface area contributed by atoms with Crippen molar-refractivity contribution in [2.24, 2.45) is 0 Å². The van der Waals surface area contributed by atoms with Gasteiger partial charge in [-0.1, -0.05) is 48.6 Å². The number of rotatable bonds is 7. The van der Waals surface area contributed by atoms with E-state index in [4.69, 9.17) is 9.47 Å². The van der Waals surface area contributed by atoms with E-state index in [2.05, 4.69) is 6.58 Å². The van der Waals surface area contributed by atoms with Crippen molar-refractivity contribution in [1.82, 2.24) is 0 Å². The Morgan fingerprint density at radius 3 is 2.63 bits per heavy atom. The third-order valence-electron chi connectivity index (χ3n) is 2.40. The first-order valence-corrected chi connectivity index (χ1v) is 6.28. The third kappa shape index (κ3) is 6.58. The molecular formula is C16H20O3. The van der Waals surface area contributed by atoms with Gasteiger partial charge in [0.1, 0.15) is 0 Å². The predicted octanol–water partition coefficient (Wildman–Crippen LogP) is 3.57. The molecule has 0 aliphatic carbocycles. The topological polar surface area (TPSA) is 35.5 Å². The highest BCUT2D eigenvalue weighted by Gasteiger charge is 2.11. The summed E-state index contributed by atoms with van der Waals surface area (Å²) in [5, 5.41) is 0. The van der Waals surface area contributed by atoms with E-state index in [-0.39, 0.29) is 12.1 Å². The summed E-state index contributed by atoms with van der Waals surface area (Å²) in [5.74, 6) is -0.350. The van der Waals surface area contributed by atoms with Gasteiger partial charge >= 0.3 is 5.97 Å². The van der Waals surface area contributed by atoms with E-state index in [0.29, 0.717) is 6.42 Å². The molecule has 0 bridgehead atoms. The van der Waals surface area contributed by atoms with Crippen molar-refractivity contribution in [1.29, 1.82) is 0 Å². The number of esters is 1. The van der Waals surface area contributed by atoms with Gasteiger partial charge in [-0.3, -0.25) is 4.79 Å². The van der Waals surface area contributed by atoms with Gasteiger partial charge in [-0.05, 0) is 18.9 Å². The van der Waals surface area contributed by atoms with Crippen molar-refractivity contribution in [3.8, 4) is 0 Å². The fraction of sp³-hybridized carbons (Fsp3) is 0.312. The highest BCUT2D eigenvalue weighted by atomic mass is 16.7. The molecular weight excluding hydrogens is 240 g/mol. The largest absolute Gasteiger partial charge is 0.436 e. The zero-order valence-corrected chi connectivity index (χ0v) is 11.4. The molecule has 0 aliphatic heterocycles. The van der Waals surface area contributed by atoms with Crippen LogP contribution in [0.25, 0.3) is 6.08 Å². The minimum absolute atomic E-state index is 0.160. The molecule has 0 spiro atoms. The monoisotopic (exact) mass is 260 g/mol. The first-order valence-electron chi connectivity index (χ1n) is 6.28. The molecule has 0 saturated carbocycles. The normalized spacial score (nSPS) is 14.0. The average Bonchev–Trinajstić information content (AvgIpc) is 2.36. The van der Waals surface area contributed by atoms with Crippen molar-refractivity contribution in [2.75, 3.05) is 0 Å². The van der Waals surface area contributed by atoms with Crippen LogP contribution in [0.4, 0.5) is 0 Å². The Kier molecular flexibility index (Phi) is 6.61. The Morgan fingerprint density at radius 1 is 1.37 bits per heavy atom. The van der Waals surface area contributed by atoms with Crippen molar-refractivity contribution in [3.63, 3.8) is 0 Å².